The molecule has 516 valence electrons. The summed E-state index contributed by atoms with van der Waals surface area (Å²) in [5.74, 6) is -2.24. The van der Waals surface area contributed by atoms with E-state index in [1.807, 2.05) is 21.1 Å². The van der Waals surface area contributed by atoms with Crippen LogP contribution in [0.5, 0.6) is 0 Å². The third-order valence-corrected chi connectivity index (χ3v) is 18.0. The fourth-order valence-electron chi connectivity index (χ4n) is 12.1. The molecule has 0 amide bonds. The number of ether oxygens (including phenoxy) is 4. The molecule has 2 unspecified atom stereocenters. The molecule has 0 bridgehead atoms. The molecule has 2 atom stereocenters. The second-order valence-corrected chi connectivity index (χ2v) is 28.0. The van der Waals surface area contributed by atoms with Crippen molar-refractivity contribution in [2.24, 2.45) is 0 Å². The predicted molar refractivity (Wildman–Crippen MR) is 371 cm³/mol. The van der Waals surface area contributed by atoms with Crippen LogP contribution in [0.1, 0.15) is 412 Å². The molecule has 0 fully saturated rings. The van der Waals surface area contributed by atoms with Gasteiger partial charge in [-0.05, 0) is 38.5 Å². The fraction of sp³-hybridized carbons (Fsp3) is 0.936. The summed E-state index contributed by atoms with van der Waals surface area (Å²) in [5, 5.41) is 11.8. The van der Waals surface area contributed by atoms with Crippen LogP contribution >= 0.6 is 0 Å². The van der Waals surface area contributed by atoms with Crippen molar-refractivity contribution in [2.45, 2.75) is 424 Å². The average molecular weight is 1230 g/mol. The number of hydrogen-bond acceptors (Lipinski definition) is 8. The van der Waals surface area contributed by atoms with E-state index in [1.165, 1.54) is 347 Å². The Morgan fingerprint density at radius 3 is 0.851 bits per heavy atom. The fourth-order valence-corrected chi connectivity index (χ4v) is 12.1. The Balaban J connectivity index is 3.98. The van der Waals surface area contributed by atoms with Gasteiger partial charge in [0.25, 0.3) is 0 Å². The number of aliphatic carboxylic acids is 1. The van der Waals surface area contributed by atoms with Gasteiger partial charge in [-0.1, -0.05) is 373 Å². The molecule has 0 rings (SSSR count). The van der Waals surface area contributed by atoms with Gasteiger partial charge in [0.05, 0.1) is 40.3 Å². The van der Waals surface area contributed by atoms with Crippen molar-refractivity contribution < 1.29 is 42.9 Å². The van der Waals surface area contributed by atoms with E-state index in [2.05, 4.69) is 26.0 Å². The van der Waals surface area contributed by atoms with E-state index in [-0.39, 0.29) is 32.2 Å². The maximum Gasteiger partial charge on any atom is 0.306 e. The van der Waals surface area contributed by atoms with Gasteiger partial charge in [0.2, 0.25) is 0 Å². The predicted octanol–water partition coefficient (Wildman–Crippen LogP) is 23.0. The number of allylic oxidation sites excluding steroid dienone is 2. The molecule has 9 heteroatoms. The lowest BCUT2D eigenvalue weighted by molar-refractivity contribution is -0.870. The third kappa shape index (κ3) is 71.3. The van der Waals surface area contributed by atoms with E-state index in [0.717, 1.165) is 38.5 Å². The van der Waals surface area contributed by atoms with E-state index in [9.17, 15) is 19.5 Å². The lowest BCUT2D eigenvalue weighted by Gasteiger charge is -2.26. The van der Waals surface area contributed by atoms with Crippen LogP contribution in [0.25, 0.3) is 0 Å². The van der Waals surface area contributed by atoms with Gasteiger partial charge < -0.3 is 33.3 Å². The number of carbonyl (C=O) groups is 3. The number of carboxylic acid groups (broad SMARTS) is 1. The highest BCUT2D eigenvalue weighted by atomic mass is 16.7. The number of esters is 2. The summed E-state index contributed by atoms with van der Waals surface area (Å²) in [6.45, 7) is 4.84. The van der Waals surface area contributed by atoms with Crippen LogP contribution in [-0.4, -0.2) is 82.3 Å². The van der Waals surface area contributed by atoms with Crippen LogP contribution in [0, 0.1) is 0 Å². The van der Waals surface area contributed by atoms with Gasteiger partial charge in [0, 0.05) is 12.8 Å². The maximum absolute atomic E-state index is 13.0. The number of quaternary nitrogens is 1. The normalized spacial score (nSPS) is 12.6. The first-order chi connectivity index (χ1) is 42.6. The van der Waals surface area contributed by atoms with Crippen LogP contribution in [0.2, 0.25) is 0 Å². The number of unbranched alkanes of at least 4 members (excludes halogenated alkanes) is 57. The van der Waals surface area contributed by atoms with Crippen molar-refractivity contribution in [1.29, 1.82) is 0 Å². The lowest BCUT2D eigenvalue weighted by Crippen LogP contribution is -2.44. The molecule has 0 aliphatic carbocycles. The Morgan fingerprint density at radius 1 is 0.333 bits per heavy atom. The molecule has 0 heterocycles. The zero-order valence-electron chi connectivity index (χ0n) is 59.2. The molecular formula is C78H151NO8. The smallest absolute Gasteiger partial charge is 0.306 e. The number of carboxylic acids is 1. The summed E-state index contributed by atoms with van der Waals surface area (Å²) in [7, 11) is 5.95. The zero-order chi connectivity index (χ0) is 63.3. The SMILES string of the molecule is CCCCCCCCCC/C=C\CCCCCCCCCCCCCCCCCCCCCCCC(=O)OC(COC(=O)CCCCCCCCCCCCCCCCCCCCCCCCCCCCCCC)COC(OCC[N+](C)(C)C)C(=O)[O-]. The molecule has 9 nitrogen and oxygen atoms in total. The quantitative estimate of drug-likeness (QED) is 0.0195. The highest BCUT2D eigenvalue weighted by Crippen LogP contribution is 2.20. The van der Waals surface area contributed by atoms with E-state index in [0.29, 0.717) is 17.4 Å². The van der Waals surface area contributed by atoms with Crippen molar-refractivity contribution in [3.05, 3.63) is 12.2 Å². The van der Waals surface area contributed by atoms with E-state index < -0.39 is 24.3 Å². The first-order valence-corrected chi connectivity index (χ1v) is 38.8. The summed E-state index contributed by atoms with van der Waals surface area (Å²) in [5.41, 5.74) is 0. The highest BCUT2D eigenvalue weighted by molar-refractivity contribution is 5.70. The minimum absolute atomic E-state index is 0.153. The van der Waals surface area contributed by atoms with Gasteiger partial charge in [0.1, 0.15) is 13.2 Å². The standard InChI is InChI=1S/C78H151NO8/c1-6-8-10-12-14-16-18-20-22-24-26-28-30-32-34-36-37-38-39-41-43-45-47-49-51-53-55-57-59-61-63-65-67-69-76(81)87-74(73-86-78(77(82)83)84-71-70-79(3,4)5)72-85-75(80)68-66-64-62-60-58-56-54-52-50-48-46-44-42-40-35-33-31-29-27-25-23-21-19-17-15-13-11-9-7-2/h24,26,74,78H,6-23,25,27-73H2,1-5H3/b26-24-. The third-order valence-electron chi connectivity index (χ3n) is 18.0. The molecule has 0 radical (unpaired) electrons. The van der Waals surface area contributed by atoms with Gasteiger partial charge in [-0.25, -0.2) is 0 Å². The van der Waals surface area contributed by atoms with Crippen LogP contribution in [0.3, 0.4) is 0 Å². The molecule has 0 aromatic heterocycles. The summed E-state index contributed by atoms with van der Waals surface area (Å²) < 4.78 is 22.9. The van der Waals surface area contributed by atoms with E-state index >= 15 is 0 Å². The second kappa shape index (κ2) is 69.9. The Bertz CT molecular complexity index is 1430. The minimum atomic E-state index is -1.62. The minimum Gasteiger partial charge on any atom is -0.545 e. The number of likely N-dealkylation sites (N-methyl/N-ethyl adjacent to an activating group) is 1. The van der Waals surface area contributed by atoms with Gasteiger partial charge in [-0.15, -0.1) is 0 Å². The van der Waals surface area contributed by atoms with Crippen LogP contribution in [0.4, 0.5) is 0 Å². The highest BCUT2D eigenvalue weighted by Gasteiger charge is 2.22. The molecule has 0 saturated carbocycles. The monoisotopic (exact) mass is 1230 g/mol. The Labute approximate surface area is 542 Å². The van der Waals surface area contributed by atoms with Crippen molar-refractivity contribution >= 4 is 17.9 Å². The summed E-state index contributed by atoms with van der Waals surface area (Å²) in [6.07, 6.45) is 83.3. The Hall–Kier alpha value is -1.97. The van der Waals surface area contributed by atoms with E-state index in [4.69, 9.17) is 18.9 Å². The second-order valence-electron chi connectivity index (χ2n) is 28.0. The first kappa shape index (κ1) is 85.0. The topological polar surface area (TPSA) is 111 Å². The lowest BCUT2D eigenvalue weighted by atomic mass is 10.0. The number of rotatable bonds is 74. The number of nitrogens with zero attached hydrogens (tertiary/aromatic N) is 1. The average Bonchev–Trinajstić information content (AvgIpc) is 3.59. The molecule has 0 spiro atoms. The molecule has 0 aliphatic rings. The van der Waals surface area contributed by atoms with Gasteiger partial charge >= 0.3 is 11.9 Å². The Kier molecular flexibility index (Phi) is 68.3. The largest absolute Gasteiger partial charge is 0.545 e. The number of carbonyl (C=O) groups excluding carboxylic acids is 3. The van der Waals surface area contributed by atoms with E-state index in [1.54, 1.807) is 0 Å². The Morgan fingerprint density at radius 2 is 0.586 bits per heavy atom. The molecular weight excluding hydrogens is 1080 g/mol. The van der Waals surface area contributed by atoms with Gasteiger partial charge in [-0.2, -0.15) is 0 Å². The molecule has 0 aromatic carbocycles. The summed E-state index contributed by atoms with van der Waals surface area (Å²) in [4.78, 5) is 37.6. The van der Waals surface area contributed by atoms with Crippen LogP contribution in [-0.2, 0) is 33.3 Å². The zero-order valence-corrected chi connectivity index (χ0v) is 59.2. The maximum atomic E-state index is 13.0. The summed E-state index contributed by atoms with van der Waals surface area (Å²) in [6, 6.07) is 0. The van der Waals surface area contributed by atoms with Crippen molar-refractivity contribution in [1.82, 2.24) is 0 Å². The molecule has 0 N–H and O–H groups in total. The van der Waals surface area contributed by atoms with Crippen molar-refractivity contribution in [2.75, 3.05) is 47.5 Å². The molecule has 0 aliphatic heterocycles. The summed E-state index contributed by atoms with van der Waals surface area (Å²) >= 11 is 0. The van der Waals surface area contributed by atoms with Crippen LogP contribution < -0.4 is 5.11 Å². The molecule has 0 saturated heterocycles. The van der Waals surface area contributed by atoms with Gasteiger partial charge in [0.15, 0.2) is 12.4 Å². The van der Waals surface area contributed by atoms with Crippen molar-refractivity contribution in [3.8, 4) is 0 Å². The molecule has 0 aromatic rings. The molecule has 87 heavy (non-hydrogen) atoms. The van der Waals surface area contributed by atoms with Crippen molar-refractivity contribution in [3.63, 3.8) is 0 Å². The number of hydrogen-bond donors (Lipinski definition) is 0. The van der Waals surface area contributed by atoms with Gasteiger partial charge in [-0.3, -0.25) is 9.59 Å². The van der Waals surface area contributed by atoms with Crippen LogP contribution in [0.15, 0.2) is 12.2 Å². The first-order valence-electron chi connectivity index (χ1n) is 38.8.